The van der Waals surface area contributed by atoms with E-state index in [0.29, 0.717) is 5.69 Å². The lowest BCUT2D eigenvalue weighted by molar-refractivity contribution is -0.383. The van der Waals surface area contributed by atoms with Crippen LogP contribution < -0.4 is 10.6 Å². The van der Waals surface area contributed by atoms with Crippen LogP contribution in [0.25, 0.3) is 0 Å². The number of benzene rings is 2. The van der Waals surface area contributed by atoms with Crippen LogP contribution >= 0.6 is 0 Å². The molecule has 3 aromatic rings. The molecule has 0 atom stereocenters. The highest BCUT2D eigenvalue weighted by molar-refractivity contribution is 5.77. The molecule has 1 heterocycles. The first kappa shape index (κ1) is 19.0. The number of aromatic nitrogens is 2. The Morgan fingerprint density at radius 3 is 2.14 bits per heavy atom. The monoisotopic (exact) mass is 393 g/mol. The maximum Gasteiger partial charge on any atom is 0.418 e. The Morgan fingerprint density at radius 1 is 0.929 bits per heavy atom. The van der Waals surface area contributed by atoms with Crippen LogP contribution in [-0.4, -0.2) is 14.9 Å². The fourth-order valence-corrected chi connectivity index (χ4v) is 2.37. The number of nitrogens with zero attached hydrogens (tertiary/aromatic N) is 3. The number of hydrogen-bond acceptors (Lipinski definition) is 6. The molecule has 3 rings (SSSR count). The summed E-state index contributed by atoms with van der Waals surface area (Å²) in [6.45, 7) is 0. The zero-order valence-corrected chi connectivity index (χ0v) is 13.9. The number of anilines is 4. The SMILES string of the molecule is O=[N+]([O-])c1c(Nc2ccc(F)cc2)ncnc1Nc1ccccc1C(F)(F)F. The Bertz CT molecular complexity index is 1010. The van der Waals surface area contributed by atoms with Gasteiger partial charge in [-0.25, -0.2) is 14.4 Å². The summed E-state index contributed by atoms with van der Waals surface area (Å²) in [6.07, 6.45) is -3.71. The lowest BCUT2D eigenvalue weighted by Crippen LogP contribution is -2.10. The van der Waals surface area contributed by atoms with Crippen LogP contribution in [0.1, 0.15) is 5.56 Å². The first-order valence-electron chi connectivity index (χ1n) is 7.71. The normalized spacial score (nSPS) is 11.1. The first-order chi connectivity index (χ1) is 13.3. The molecule has 2 aromatic carbocycles. The van der Waals surface area contributed by atoms with E-state index in [4.69, 9.17) is 0 Å². The Balaban J connectivity index is 2.01. The Labute approximate surface area is 155 Å². The van der Waals surface area contributed by atoms with Gasteiger partial charge in [0, 0.05) is 5.69 Å². The minimum atomic E-state index is -4.67. The molecule has 0 radical (unpaired) electrons. The predicted molar refractivity (Wildman–Crippen MR) is 93.1 cm³/mol. The highest BCUT2D eigenvalue weighted by Gasteiger charge is 2.34. The molecule has 0 saturated heterocycles. The molecule has 144 valence electrons. The van der Waals surface area contributed by atoms with E-state index in [1.807, 2.05) is 0 Å². The quantitative estimate of drug-likeness (QED) is 0.359. The van der Waals surface area contributed by atoms with Crippen molar-refractivity contribution in [3.63, 3.8) is 0 Å². The zero-order chi connectivity index (χ0) is 20.3. The van der Waals surface area contributed by atoms with Gasteiger partial charge in [0.15, 0.2) is 0 Å². The number of halogens is 4. The molecule has 0 spiro atoms. The predicted octanol–water partition coefficient (Wildman–Crippen LogP) is 5.03. The van der Waals surface area contributed by atoms with Crippen molar-refractivity contribution in [1.29, 1.82) is 0 Å². The van der Waals surface area contributed by atoms with Crippen molar-refractivity contribution in [1.82, 2.24) is 9.97 Å². The number of alkyl halides is 3. The zero-order valence-electron chi connectivity index (χ0n) is 13.9. The van der Waals surface area contributed by atoms with Gasteiger partial charge >= 0.3 is 11.9 Å². The van der Waals surface area contributed by atoms with Crippen LogP contribution in [0.15, 0.2) is 54.9 Å². The van der Waals surface area contributed by atoms with E-state index in [1.165, 1.54) is 24.3 Å². The summed E-state index contributed by atoms with van der Waals surface area (Å²) >= 11 is 0. The van der Waals surface area contributed by atoms with E-state index in [1.54, 1.807) is 0 Å². The van der Waals surface area contributed by atoms with Gasteiger partial charge in [-0.2, -0.15) is 13.2 Å². The van der Waals surface area contributed by atoms with E-state index >= 15 is 0 Å². The topological polar surface area (TPSA) is 93.0 Å². The van der Waals surface area contributed by atoms with E-state index in [9.17, 15) is 27.7 Å². The first-order valence-corrected chi connectivity index (χ1v) is 7.71. The van der Waals surface area contributed by atoms with Crippen molar-refractivity contribution in [3.8, 4) is 0 Å². The average molecular weight is 393 g/mol. The summed E-state index contributed by atoms with van der Waals surface area (Å²) in [5, 5.41) is 16.5. The molecule has 28 heavy (non-hydrogen) atoms. The molecule has 0 aliphatic heterocycles. The molecule has 0 unspecified atom stereocenters. The number of rotatable bonds is 5. The van der Waals surface area contributed by atoms with Gasteiger partial charge in [-0.3, -0.25) is 10.1 Å². The number of nitrogens with one attached hydrogen (secondary N) is 2. The minimum absolute atomic E-state index is 0.265. The van der Waals surface area contributed by atoms with E-state index in [-0.39, 0.29) is 5.82 Å². The number of para-hydroxylation sites is 1. The maximum atomic E-state index is 13.2. The molecule has 0 bridgehead atoms. The Kier molecular flexibility index (Phi) is 5.07. The van der Waals surface area contributed by atoms with Crippen molar-refractivity contribution in [2.24, 2.45) is 0 Å². The summed E-state index contributed by atoms with van der Waals surface area (Å²) in [5.74, 6) is -1.20. The van der Waals surface area contributed by atoms with Crippen LogP contribution in [0, 0.1) is 15.9 Å². The highest BCUT2D eigenvalue weighted by Crippen LogP contribution is 2.38. The van der Waals surface area contributed by atoms with Crippen LogP contribution in [-0.2, 0) is 6.18 Å². The standard InChI is InChI=1S/C17H11F4N5O2/c18-10-5-7-11(8-6-10)24-15-14(26(27)28)16(23-9-22-15)25-13-4-2-1-3-12(13)17(19,20)21/h1-9H,(H2,22,23,24,25). The third-order valence-corrected chi connectivity index (χ3v) is 3.60. The fraction of sp³-hybridized carbons (Fsp3) is 0.0588. The van der Waals surface area contributed by atoms with Gasteiger partial charge in [-0.15, -0.1) is 0 Å². The lowest BCUT2D eigenvalue weighted by atomic mass is 10.1. The van der Waals surface area contributed by atoms with Gasteiger partial charge in [0.05, 0.1) is 16.2 Å². The van der Waals surface area contributed by atoms with Crippen LogP contribution in [0.5, 0.6) is 0 Å². The lowest BCUT2D eigenvalue weighted by Gasteiger charge is -2.14. The summed E-state index contributed by atoms with van der Waals surface area (Å²) < 4.78 is 52.5. The Hall–Kier alpha value is -3.76. The molecule has 11 heteroatoms. The van der Waals surface area contributed by atoms with E-state index in [0.717, 1.165) is 30.6 Å². The summed E-state index contributed by atoms with van der Waals surface area (Å²) in [6, 6.07) is 9.43. The third-order valence-electron chi connectivity index (χ3n) is 3.60. The van der Waals surface area contributed by atoms with E-state index < -0.39 is 39.7 Å². The van der Waals surface area contributed by atoms with Crippen molar-refractivity contribution in [2.75, 3.05) is 10.6 Å². The molecule has 0 saturated carbocycles. The molecule has 1 aromatic heterocycles. The molecule has 0 fully saturated rings. The second-order valence-corrected chi connectivity index (χ2v) is 5.48. The molecule has 0 amide bonds. The minimum Gasteiger partial charge on any atom is -0.334 e. The van der Waals surface area contributed by atoms with Gasteiger partial charge in [0.2, 0.25) is 11.6 Å². The average Bonchev–Trinajstić information content (AvgIpc) is 2.63. The Morgan fingerprint density at radius 2 is 1.54 bits per heavy atom. The van der Waals surface area contributed by atoms with Crippen LogP contribution in [0.3, 0.4) is 0 Å². The summed E-state index contributed by atoms with van der Waals surface area (Å²) in [4.78, 5) is 18.2. The summed E-state index contributed by atoms with van der Waals surface area (Å²) in [7, 11) is 0. The molecular formula is C17H11F4N5O2. The van der Waals surface area contributed by atoms with Gasteiger partial charge in [0.25, 0.3) is 0 Å². The molecular weight excluding hydrogens is 382 g/mol. The largest absolute Gasteiger partial charge is 0.418 e. The van der Waals surface area contributed by atoms with E-state index in [2.05, 4.69) is 20.6 Å². The molecule has 0 aliphatic carbocycles. The van der Waals surface area contributed by atoms with Crippen molar-refractivity contribution >= 4 is 28.7 Å². The smallest absolute Gasteiger partial charge is 0.334 e. The van der Waals surface area contributed by atoms with Crippen LogP contribution in [0.2, 0.25) is 0 Å². The molecule has 2 N–H and O–H groups in total. The maximum absolute atomic E-state index is 13.2. The summed E-state index contributed by atoms with van der Waals surface area (Å²) in [5.41, 5.74) is -1.77. The highest BCUT2D eigenvalue weighted by atomic mass is 19.4. The van der Waals surface area contributed by atoms with Gasteiger partial charge in [0.1, 0.15) is 12.1 Å². The van der Waals surface area contributed by atoms with Crippen molar-refractivity contribution in [2.45, 2.75) is 6.18 Å². The molecule has 0 aliphatic rings. The fourth-order valence-electron chi connectivity index (χ4n) is 2.37. The molecule has 7 nitrogen and oxygen atoms in total. The number of hydrogen-bond donors (Lipinski definition) is 2. The van der Waals surface area contributed by atoms with Crippen molar-refractivity contribution < 1.29 is 22.5 Å². The second-order valence-electron chi connectivity index (χ2n) is 5.48. The number of nitro groups is 1. The van der Waals surface area contributed by atoms with Gasteiger partial charge in [-0.1, -0.05) is 12.1 Å². The van der Waals surface area contributed by atoms with Gasteiger partial charge < -0.3 is 10.6 Å². The van der Waals surface area contributed by atoms with Gasteiger partial charge in [-0.05, 0) is 36.4 Å². The van der Waals surface area contributed by atoms with Crippen molar-refractivity contribution in [3.05, 3.63) is 76.4 Å². The second kappa shape index (κ2) is 7.47. The third kappa shape index (κ3) is 4.14. The van der Waals surface area contributed by atoms with Crippen LogP contribution in [0.4, 0.5) is 46.3 Å².